The third kappa shape index (κ3) is 5.68. The largest absolute Gasteiger partial charge is 0.359 e. The molecule has 1 aromatic rings. The summed E-state index contributed by atoms with van der Waals surface area (Å²) < 4.78 is 0. The van der Waals surface area contributed by atoms with Crippen LogP contribution in [0.15, 0.2) is 24.3 Å². The summed E-state index contributed by atoms with van der Waals surface area (Å²) in [5, 5.41) is 2.62. The number of aryl methyl sites for hydroxylation is 1. The second kappa shape index (κ2) is 8.57. The van der Waals surface area contributed by atoms with E-state index in [0.717, 1.165) is 18.4 Å². The predicted molar refractivity (Wildman–Crippen MR) is 85.5 cm³/mol. The number of nitrogens with zero attached hydrogens (tertiary/aromatic N) is 1. The summed E-state index contributed by atoms with van der Waals surface area (Å²) >= 11 is 0. The smallest absolute Gasteiger partial charge is 0.223 e. The number of ketones is 1. The van der Waals surface area contributed by atoms with Gasteiger partial charge in [0, 0.05) is 25.1 Å². The molecule has 0 spiro atoms. The summed E-state index contributed by atoms with van der Waals surface area (Å²) in [4.78, 5) is 25.6. The van der Waals surface area contributed by atoms with Gasteiger partial charge in [-0.2, -0.15) is 0 Å². The van der Waals surface area contributed by atoms with E-state index in [-0.39, 0.29) is 17.6 Å². The molecule has 4 nitrogen and oxygen atoms in total. The lowest BCUT2D eigenvalue weighted by atomic mass is 10.0. The van der Waals surface area contributed by atoms with E-state index in [4.69, 9.17) is 0 Å². The van der Waals surface area contributed by atoms with Gasteiger partial charge in [-0.1, -0.05) is 44.5 Å². The molecule has 0 aliphatic carbocycles. The summed E-state index contributed by atoms with van der Waals surface area (Å²) in [6.45, 7) is 4.90. The fraction of sp³-hybridized carbons (Fsp3) is 0.529. The van der Waals surface area contributed by atoms with Gasteiger partial charge in [-0.15, -0.1) is 0 Å². The van der Waals surface area contributed by atoms with E-state index in [1.807, 2.05) is 43.1 Å². The molecule has 0 radical (unpaired) electrons. The van der Waals surface area contributed by atoms with Gasteiger partial charge in [0.2, 0.25) is 5.91 Å². The first-order valence-electron chi connectivity index (χ1n) is 7.50. The minimum Gasteiger partial charge on any atom is -0.359 e. The SMILES string of the molecule is CCCc1ccc(C(=O)CN(C)CC(C)C(=O)NC)cc1. The number of rotatable bonds is 8. The van der Waals surface area contributed by atoms with Crippen LogP contribution in [0.2, 0.25) is 0 Å². The molecule has 0 saturated heterocycles. The van der Waals surface area contributed by atoms with Crippen molar-refractivity contribution in [3.8, 4) is 0 Å². The standard InChI is InChI=1S/C17H26N2O2/c1-5-6-14-7-9-15(10-8-14)16(20)12-19(4)11-13(2)17(21)18-3/h7-10,13H,5-6,11-12H2,1-4H3,(H,18,21). The van der Waals surface area contributed by atoms with Crippen molar-refractivity contribution < 1.29 is 9.59 Å². The molecule has 1 amide bonds. The van der Waals surface area contributed by atoms with Gasteiger partial charge in [-0.05, 0) is 19.0 Å². The van der Waals surface area contributed by atoms with Crippen molar-refractivity contribution in [2.24, 2.45) is 5.92 Å². The monoisotopic (exact) mass is 290 g/mol. The van der Waals surface area contributed by atoms with Crippen LogP contribution in [0.3, 0.4) is 0 Å². The zero-order valence-electron chi connectivity index (χ0n) is 13.5. The van der Waals surface area contributed by atoms with Gasteiger partial charge in [0.1, 0.15) is 0 Å². The average Bonchev–Trinajstić information content (AvgIpc) is 2.47. The topological polar surface area (TPSA) is 49.4 Å². The van der Waals surface area contributed by atoms with Crippen LogP contribution in [0.1, 0.15) is 36.2 Å². The van der Waals surface area contributed by atoms with E-state index < -0.39 is 0 Å². The van der Waals surface area contributed by atoms with Gasteiger partial charge >= 0.3 is 0 Å². The first-order chi connectivity index (χ1) is 9.97. The highest BCUT2D eigenvalue weighted by Crippen LogP contribution is 2.08. The number of nitrogens with one attached hydrogen (secondary N) is 1. The Kier molecular flexibility index (Phi) is 7.09. The fourth-order valence-corrected chi connectivity index (χ4v) is 2.34. The van der Waals surface area contributed by atoms with Crippen molar-refractivity contribution in [2.75, 3.05) is 27.2 Å². The van der Waals surface area contributed by atoms with Crippen LogP contribution in [0.4, 0.5) is 0 Å². The Hall–Kier alpha value is -1.68. The zero-order valence-corrected chi connectivity index (χ0v) is 13.5. The highest BCUT2D eigenvalue weighted by molar-refractivity contribution is 5.97. The molecular formula is C17H26N2O2. The highest BCUT2D eigenvalue weighted by Gasteiger charge is 2.16. The maximum absolute atomic E-state index is 12.2. The Morgan fingerprint density at radius 2 is 1.86 bits per heavy atom. The number of Topliss-reactive ketones (excluding diaryl/α,β-unsaturated/α-hetero) is 1. The normalized spacial score (nSPS) is 12.2. The van der Waals surface area contributed by atoms with E-state index in [9.17, 15) is 9.59 Å². The minimum atomic E-state index is -0.125. The Balaban J connectivity index is 2.53. The van der Waals surface area contributed by atoms with Crippen molar-refractivity contribution in [1.29, 1.82) is 0 Å². The molecule has 21 heavy (non-hydrogen) atoms. The van der Waals surface area contributed by atoms with E-state index in [0.29, 0.717) is 13.1 Å². The van der Waals surface area contributed by atoms with Crippen LogP contribution in [-0.4, -0.2) is 43.8 Å². The summed E-state index contributed by atoms with van der Waals surface area (Å²) in [6.07, 6.45) is 2.14. The van der Waals surface area contributed by atoms with E-state index >= 15 is 0 Å². The van der Waals surface area contributed by atoms with Gasteiger partial charge in [0.25, 0.3) is 0 Å². The van der Waals surface area contributed by atoms with Crippen molar-refractivity contribution in [2.45, 2.75) is 26.7 Å². The van der Waals surface area contributed by atoms with E-state index in [1.165, 1.54) is 5.56 Å². The molecule has 0 aliphatic heterocycles. The van der Waals surface area contributed by atoms with Crippen LogP contribution in [0.5, 0.6) is 0 Å². The zero-order chi connectivity index (χ0) is 15.8. The fourth-order valence-electron chi connectivity index (χ4n) is 2.34. The van der Waals surface area contributed by atoms with Gasteiger partial charge in [0.15, 0.2) is 5.78 Å². The molecule has 0 bridgehead atoms. The number of hydrogen-bond donors (Lipinski definition) is 1. The summed E-state index contributed by atoms with van der Waals surface area (Å²) in [5.41, 5.74) is 1.99. The highest BCUT2D eigenvalue weighted by atomic mass is 16.1. The predicted octanol–water partition coefficient (Wildman–Crippen LogP) is 2.14. The van der Waals surface area contributed by atoms with Crippen molar-refractivity contribution in [1.82, 2.24) is 10.2 Å². The second-order valence-electron chi connectivity index (χ2n) is 5.58. The molecule has 0 saturated carbocycles. The Labute approximate surface area is 127 Å². The molecule has 1 N–H and O–H groups in total. The first kappa shape index (κ1) is 17.4. The molecule has 4 heteroatoms. The number of amides is 1. The van der Waals surface area contributed by atoms with Crippen LogP contribution < -0.4 is 5.32 Å². The van der Waals surface area contributed by atoms with Crippen molar-refractivity contribution in [3.05, 3.63) is 35.4 Å². The molecular weight excluding hydrogens is 264 g/mol. The number of likely N-dealkylation sites (N-methyl/N-ethyl adjacent to an activating group) is 1. The number of benzene rings is 1. The maximum atomic E-state index is 12.2. The summed E-state index contributed by atoms with van der Waals surface area (Å²) in [6, 6.07) is 7.82. The molecule has 0 aliphatic rings. The van der Waals surface area contributed by atoms with Gasteiger partial charge < -0.3 is 5.32 Å². The Morgan fingerprint density at radius 1 is 1.24 bits per heavy atom. The minimum absolute atomic E-state index is 0.00165. The van der Waals surface area contributed by atoms with Crippen LogP contribution in [0.25, 0.3) is 0 Å². The Bertz CT molecular complexity index is 468. The molecule has 0 fully saturated rings. The first-order valence-corrected chi connectivity index (χ1v) is 7.50. The van der Waals surface area contributed by atoms with Crippen molar-refractivity contribution >= 4 is 11.7 Å². The average molecular weight is 290 g/mol. The van der Waals surface area contributed by atoms with Crippen LogP contribution in [-0.2, 0) is 11.2 Å². The van der Waals surface area contributed by atoms with Gasteiger partial charge in [-0.25, -0.2) is 0 Å². The summed E-state index contributed by atoms with van der Waals surface area (Å²) in [7, 11) is 3.49. The van der Waals surface area contributed by atoms with E-state index in [1.54, 1.807) is 7.05 Å². The Morgan fingerprint density at radius 3 is 2.38 bits per heavy atom. The molecule has 1 atom stereocenters. The molecule has 1 aromatic carbocycles. The van der Waals surface area contributed by atoms with E-state index in [2.05, 4.69) is 12.2 Å². The van der Waals surface area contributed by atoms with Crippen LogP contribution >= 0.6 is 0 Å². The molecule has 0 aromatic heterocycles. The lowest BCUT2D eigenvalue weighted by molar-refractivity contribution is -0.124. The molecule has 0 heterocycles. The quantitative estimate of drug-likeness (QED) is 0.746. The maximum Gasteiger partial charge on any atom is 0.223 e. The van der Waals surface area contributed by atoms with Crippen LogP contribution in [0, 0.1) is 5.92 Å². The third-order valence-electron chi connectivity index (χ3n) is 3.51. The lowest BCUT2D eigenvalue weighted by Gasteiger charge is -2.19. The molecule has 1 unspecified atom stereocenters. The summed E-state index contributed by atoms with van der Waals surface area (Å²) in [5.74, 6) is -0.0393. The second-order valence-corrected chi connectivity index (χ2v) is 5.58. The third-order valence-corrected chi connectivity index (χ3v) is 3.51. The number of carbonyl (C=O) groups excluding carboxylic acids is 2. The molecule has 116 valence electrons. The number of hydrogen-bond acceptors (Lipinski definition) is 3. The number of carbonyl (C=O) groups is 2. The molecule has 1 rings (SSSR count). The van der Waals surface area contributed by atoms with Gasteiger partial charge in [0.05, 0.1) is 6.54 Å². The van der Waals surface area contributed by atoms with Crippen molar-refractivity contribution in [3.63, 3.8) is 0 Å². The lowest BCUT2D eigenvalue weighted by Crippen LogP contribution is -2.36. The van der Waals surface area contributed by atoms with Gasteiger partial charge in [-0.3, -0.25) is 14.5 Å².